The minimum Gasteiger partial charge on any atom is -0.492 e. The van der Waals surface area contributed by atoms with Gasteiger partial charge in [-0.25, -0.2) is 4.99 Å². The third kappa shape index (κ3) is 3.62. The maximum absolute atomic E-state index is 8.05. The molecule has 5 heteroatoms. The van der Waals surface area contributed by atoms with E-state index < -0.39 is 0 Å². The normalized spacial score (nSPS) is 16.2. The molecule has 4 N–H and O–H groups in total. The number of rotatable bonds is 5. The number of hydrogen-bond donors (Lipinski definition) is 3. The van der Waals surface area contributed by atoms with Crippen LogP contribution in [0.15, 0.2) is 40.7 Å². The van der Waals surface area contributed by atoms with Crippen molar-refractivity contribution in [2.45, 2.75) is 27.7 Å². The van der Waals surface area contributed by atoms with Crippen LogP contribution in [0.3, 0.4) is 0 Å². The van der Waals surface area contributed by atoms with Gasteiger partial charge in [0.25, 0.3) is 0 Å². The van der Waals surface area contributed by atoms with Crippen LogP contribution in [0.25, 0.3) is 0 Å². The summed E-state index contributed by atoms with van der Waals surface area (Å²) < 4.78 is 5.53. The van der Waals surface area contributed by atoms with Gasteiger partial charge in [-0.05, 0) is 57.0 Å². The van der Waals surface area contributed by atoms with Gasteiger partial charge < -0.3 is 15.8 Å². The van der Waals surface area contributed by atoms with E-state index in [9.17, 15) is 0 Å². The van der Waals surface area contributed by atoms with E-state index in [2.05, 4.69) is 5.32 Å². The fourth-order valence-electron chi connectivity index (χ4n) is 2.35. The number of nitrogens with two attached hydrogens (primary N) is 1. The molecule has 0 atom stereocenters. The van der Waals surface area contributed by atoms with Crippen LogP contribution in [0.5, 0.6) is 0 Å². The molecule has 2 rings (SSSR count). The van der Waals surface area contributed by atoms with Crippen molar-refractivity contribution in [1.29, 1.82) is 5.41 Å². The highest BCUT2D eigenvalue weighted by Gasteiger charge is 2.17. The van der Waals surface area contributed by atoms with Crippen molar-refractivity contribution in [2.24, 2.45) is 4.99 Å². The van der Waals surface area contributed by atoms with E-state index in [0.29, 0.717) is 18.1 Å². The zero-order valence-corrected chi connectivity index (χ0v) is 14.2. The van der Waals surface area contributed by atoms with Gasteiger partial charge in [-0.2, -0.15) is 0 Å². The van der Waals surface area contributed by atoms with Crippen LogP contribution in [-0.4, -0.2) is 24.6 Å². The molecule has 1 aromatic carbocycles. The predicted molar refractivity (Wildman–Crippen MR) is 96.6 cm³/mol. The second-order valence-electron chi connectivity index (χ2n) is 5.36. The number of ether oxygens (including phenoxy) is 1. The van der Waals surface area contributed by atoms with E-state index in [0.717, 1.165) is 40.5 Å². The number of nitrogens with zero attached hydrogens (tertiary/aromatic N) is 1. The largest absolute Gasteiger partial charge is 0.492 e. The zero-order chi connectivity index (χ0) is 17.0. The summed E-state index contributed by atoms with van der Waals surface area (Å²) in [6.07, 6.45) is 3.57. The Bertz CT molecular complexity index is 714. The summed E-state index contributed by atoms with van der Waals surface area (Å²) in [7, 11) is 0. The van der Waals surface area contributed by atoms with Crippen LogP contribution in [-0.2, 0) is 4.74 Å². The number of anilines is 1. The first-order valence-electron chi connectivity index (χ1n) is 7.81. The number of nitrogen functional groups attached to an aromatic ring is 1. The van der Waals surface area contributed by atoms with Crippen LogP contribution in [0.2, 0.25) is 0 Å². The van der Waals surface area contributed by atoms with Gasteiger partial charge in [0.05, 0.1) is 29.4 Å². The monoisotopic (exact) mass is 312 g/mol. The van der Waals surface area contributed by atoms with Gasteiger partial charge in [0.2, 0.25) is 0 Å². The molecule has 1 aliphatic rings. The van der Waals surface area contributed by atoms with Crippen molar-refractivity contribution in [3.63, 3.8) is 0 Å². The fourth-order valence-corrected chi connectivity index (χ4v) is 2.35. The van der Waals surface area contributed by atoms with E-state index in [1.54, 1.807) is 6.08 Å². The van der Waals surface area contributed by atoms with Gasteiger partial charge in [0.15, 0.2) is 0 Å². The van der Waals surface area contributed by atoms with E-state index >= 15 is 0 Å². The lowest BCUT2D eigenvalue weighted by molar-refractivity contribution is 0.250. The number of allylic oxidation sites excluding steroid dienone is 2. The molecular weight excluding hydrogens is 288 g/mol. The standard InChI is InChI=1S/C18H24N4O/c1-5-21-16-9-14(20)18(23-6-2)10-17(16)22-15-8-7-13(19)11(3)12(15)4/h7-10,20-21H,5-6,19H2,1-4H3/b20-14?,22-17+. The molecule has 0 saturated heterocycles. The summed E-state index contributed by atoms with van der Waals surface area (Å²) in [4.78, 5) is 4.76. The average molecular weight is 312 g/mol. The Labute approximate surface area is 137 Å². The minimum atomic E-state index is 0.354. The van der Waals surface area contributed by atoms with Crippen LogP contribution in [0, 0.1) is 19.3 Å². The van der Waals surface area contributed by atoms with Crippen LogP contribution in [0.1, 0.15) is 25.0 Å². The summed E-state index contributed by atoms with van der Waals surface area (Å²) in [5.74, 6) is 0.540. The van der Waals surface area contributed by atoms with E-state index in [1.165, 1.54) is 0 Å². The molecule has 5 nitrogen and oxygen atoms in total. The van der Waals surface area contributed by atoms with Crippen molar-refractivity contribution in [1.82, 2.24) is 5.32 Å². The van der Waals surface area contributed by atoms with Gasteiger partial charge in [-0.1, -0.05) is 0 Å². The highest BCUT2D eigenvalue weighted by molar-refractivity contribution is 6.22. The Morgan fingerprint density at radius 2 is 1.91 bits per heavy atom. The fraction of sp³-hybridized carbons (Fsp3) is 0.333. The average Bonchev–Trinajstić information content (AvgIpc) is 2.52. The Balaban J connectivity index is 2.50. The number of benzene rings is 1. The molecular formula is C18H24N4O. The lowest BCUT2D eigenvalue weighted by Gasteiger charge is -2.18. The van der Waals surface area contributed by atoms with Gasteiger partial charge in [0.1, 0.15) is 5.76 Å². The van der Waals surface area contributed by atoms with Crippen LogP contribution in [0.4, 0.5) is 11.4 Å². The first-order valence-corrected chi connectivity index (χ1v) is 7.81. The minimum absolute atomic E-state index is 0.354. The topological polar surface area (TPSA) is 83.5 Å². The first kappa shape index (κ1) is 16.8. The second kappa shape index (κ2) is 7.13. The zero-order valence-electron chi connectivity index (χ0n) is 14.2. The summed E-state index contributed by atoms with van der Waals surface area (Å²) in [5, 5.41) is 11.3. The van der Waals surface area contributed by atoms with E-state index in [4.69, 9.17) is 20.9 Å². The molecule has 23 heavy (non-hydrogen) atoms. The van der Waals surface area contributed by atoms with Gasteiger partial charge in [-0.3, -0.25) is 5.41 Å². The van der Waals surface area contributed by atoms with Gasteiger partial charge in [-0.15, -0.1) is 0 Å². The number of nitrogens with one attached hydrogen (secondary N) is 2. The van der Waals surface area contributed by atoms with Crippen molar-refractivity contribution in [3.8, 4) is 0 Å². The molecule has 0 saturated carbocycles. The molecule has 0 amide bonds. The number of hydrogen-bond acceptors (Lipinski definition) is 5. The molecule has 0 spiro atoms. The van der Waals surface area contributed by atoms with Gasteiger partial charge in [0, 0.05) is 18.3 Å². The summed E-state index contributed by atoms with van der Waals surface area (Å²) in [5.41, 5.74) is 11.6. The SMILES string of the molecule is CCNC1=CC(=N)C(OCC)=C/C1=N\c1ccc(N)c(C)c1C. The summed E-state index contributed by atoms with van der Waals surface area (Å²) in [6, 6.07) is 3.79. The Kier molecular flexibility index (Phi) is 5.21. The summed E-state index contributed by atoms with van der Waals surface area (Å²) >= 11 is 0. The van der Waals surface area contributed by atoms with Crippen LogP contribution < -0.4 is 11.1 Å². The maximum Gasteiger partial charge on any atom is 0.146 e. The van der Waals surface area contributed by atoms with Crippen molar-refractivity contribution >= 4 is 22.8 Å². The molecule has 0 heterocycles. The smallest absolute Gasteiger partial charge is 0.146 e. The molecule has 0 fully saturated rings. The Morgan fingerprint density at radius 1 is 1.17 bits per heavy atom. The Morgan fingerprint density at radius 3 is 2.57 bits per heavy atom. The predicted octanol–water partition coefficient (Wildman–Crippen LogP) is 3.41. The van der Waals surface area contributed by atoms with Crippen LogP contribution >= 0.6 is 0 Å². The molecule has 1 aromatic rings. The van der Waals surface area contributed by atoms with E-state index in [-0.39, 0.29) is 0 Å². The molecule has 122 valence electrons. The third-order valence-corrected chi connectivity index (χ3v) is 3.81. The highest BCUT2D eigenvalue weighted by Crippen LogP contribution is 2.27. The molecule has 1 aliphatic carbocycles. The highest BCUT2D eigenvalue weighted by atomic mass is 16.5. The quantitative estimate of drug-likeness (QED) is 0.575. The molecule has 0 bridgehead atoms. The summed E-state index contributed by atoms with van der Waals surface area (Å²) in [6.45, 7) is 9.21. The van der Waals surface area contributed by atoms with Crippen molar-refractivity contribution < 1.29 is 4.74 Å². The Hall–Kier alpha value is -2.56. The molecule has 0 aromatic heterocycles. The van der Waals surface area contributed by atoms with Gasteiger partial charge >= 0.3 is 0 Å². The second-order valence-corrected chi connectivity index (χ2v) is 5.36. The van der Waals surface area contributed by atoms with Crippen molar-refractivity contribution in [3.05, 3.63) is 46.9 Å². The first-order chi connectivity index (χ1) is 11.0. The number of aliphatic imine (C=N–C) groups is 1. The molecule has 0 unspecified atom stereocenters. The molecule has 0 aliphatic heterocycles. The maximum atomic E-state index is 8.05. The van der Waals surface area contributed by atoms with Crippen molar-refractivity contribution in [2.75, 3.05) is 18.9 Å². The molecule has 0 radical (unpaired) electrons. The third-order valence-electron chi connectivity index (χ3n) is 3.81. The van der Waals surface area contributed by atoms with E-state index in [1.807, 2.05) is 45.9 Å². The lowest BCUT2D eigenvalue weighted by Crippen LogP contribution is -2.25. The lowest BCUT2D eigenvalue weighted by atomic mass is 10.0.